The highest BCUT2D eigenvalue weighted by molar-refractivity contribution is 5.38. The second-order valence-electron chi connectivity index (χ2n) is 4.58. The summed E-state index contributed by atoms with van der Waals surface area (Å²) in [5.41, 5.74) is 2.04. The molecule has 3 heteroatoms. The number of nitrogens with zero attached hydrogens (tertiary/aromatic N) is 1. The highest BCUT2D eigenvalue weighted by Gasteiger charge is 2.13. The molecular formula is C14H23NO2. The van der Waals surface area contributed by atoms with Gasteiger partial charge in [0.2, 0.25) is 0 Å². The summed E-state index contributed by atoms with van der Waals surface area (Å²) >= 11 is 0. The van der Waals surface area contributed by atoms with E-state index in [1.165, 1.54) is 0 Å². The molecule has 0 aliphatic rings. The number of benzene rings is 1. The van der Waals surface area contributed by atoms with E-state index in [0.29, 0.717) is 6.61 Å². The van der Waals surface area contributed by atoms with Crippen LogP contribution in [-0.4, -0.2) is 37.3 Å². The second-order valence-corrected chi connectivity index (χ2v) is 4.58. The highest BCUT2D eigenvalue weighted by Crippen LogP contribution is 2.28. The molecule has 1 aromatic rings. The molecule has 1 N–H and O–H groups in total. The zero-order chi connectivity index (χ0) is 12.8. The van der Waals surface area contributed by atoms with Crippen molar-refractivity contribution in [2.45, 2.75) is 26.4 Å². The molecule has 17 heavy (non-hydrogen) atoms. The van der Waals surface area contributed by atoms with Crippen LogP contribution in [0.25, 0.3) is 0 Å². The summed E-state index contributed by atoms with van der Waals surface area (Å²) in [6.07, 6.45) is 0.259. The van der Waals surface area contributed by atoms with E-state index in [9.17, 15) is 5.11 Å². The number of aliphatic hydroxyl groups is 1. The number of hydrogen-bond acceptors (Lipinski definition) is 3. The third-order valence-electron chi connectivity index (χ3n) is 2.67. The predicted octanol–water partition coefficient (Wildman–Crippen LogP) is 2.38. The molecule has 0 fully saturated rings. The van der Waals surface area contributed by atoms with Gasteiger partial charge in [-0.3, -0.25) is 0 Å². The van der Waals surface area contributed by atoms with Crippen molar-refractivity contribution in [1.29, 1.82) is 0 Å². The topological polar surface area (TPSA) is 32.7 Å². The van der Waals surface area contributed by atoms with Gasteiger partial charge in [0, 0.05) is 12.1 Å². The normalized spacial score (nSPS) is 12.8. The van der Waals surface area contributed by atoms with Crippen LogP contribution in [0.4, 0.5) is 0 Å². The van der Waals surface area contributed by atoms with E-state index in [-0.39, 0.29) is 0 Å². The first-order chi connectivity index (χ1) is 8.04. The molecule has 0 saturated carbocycles. The maximum Gasteiger partial charge on any atom is 0.125 e. The smallest absolute Gasteiger partial charge is 0.125 e. The van der Waals surface area contributed by atoms with Crippen molar-refractivity contribution in [2.24, 2.45) is 0 Å². The molecule has 0 bridgehead atoms. The Hall–Kier alpha value is -1.06. The van der Waals surface area contributed by atoms with Crippen molar-refractivity contribution >= 4 is 0 Å². The monoisotopic (exact) mass is 237 g/mol. The minimum absolute atomic E-state index is 0.459. The molecule has 0 spiro atoms. The van der Waals surface area contributed by atoms with E-state index >= 15 is 0 Å². The summed E-state index contributed by atoms with van der Waals surface area (Å²) in [7, 11) is 4.01. The number of aliphatic hydroxyl groups excluding tert-OH is 1. The number of aryl methyl sites for hydroxylation is 1. The Morgan fingerprint density at radius 3 is 2.65 bits per heavy atom. The first kappa shape index (κ1) is 14.0. The molecule has 3 nitrogen and oxygen atoms in total. The zero-order valence-corrected chi connectivity index (χ0v) is 11.2. The average Bonchev–Trinajstić information content (AvgIpc) is 2.28. The number of hydrogen-bond donors (Lipinski definition) is 1. The summed E-state index contributed by atoms with van der Waals surface area (Å²) in [5.74, 6) is 0.796. The third kappa shape index (κ3) is 4.36. The Balaban J connectivity index is 2.81. The van der Waals surface area contributed by atoms with Gasteiger partial charge in [-0.05, 0) is 46.5 Å². The van der Waals surface area contributed by atoms with E-state index < -0.39 is 6.10 Å². The van der Waals surface area contributed by atoms with Gasteiger partial charge in [0.05, 0.1) is 12.7 Å². The quantitative estimate of drug-likeness (QED) is 0.824. The van der Waals surface area contributed by atoms with E-state index in [2.05, 4.69) is 4.90 Å². The lowest BCUT2D eigenvalue weighted by Gasteiger charge is -2.18. The van der Waals surface area contributed by atoms with Crippen molar-refractivity contribution in [3.63, 3.8) is 0 Å². The fourth-order valence-electron chi connectivity index (χ4n) is 1.75. The Morgan fingerprint density at radius 1 is 1.35 bits per heavy atom. The lowest BCUT2D eigenvalue weighted by Crippen LogP contribution is -2.16. The van der Waals surface area contributed by atoms with Crippen molar-refractivity contribution in [3.05, 3.63) is 29.3 Å². The minimum Gasteiger partial charge on any atom is -0.493 e. The van der Waals surface area contributed by atoms with Crippen molar-refractivity contribution in [1.82, 2.24) is 4.90 Å². The van der Waals surface area contributed by atoms with Gasteiger partial charge in [0.1, 0.15) is 5.75 Å². The standard InChI is InChI=1S/C14H23NO2/c1-5-17-14-7-6-11(2)10-12(14)13(16)8-9-15(3)4/h6-7,10,13,16H,5,8-9H2,1-4H3. The highest BCUT2D eigenvalue weighted by atomic mass is 16.5. The summed E-state index contributed by atoms with van der Waals surface area (Å²) in [6.45, 7) is 5.46. The van der Waals surface area contributed by atoms with Crippen LogP contribution < -0.4 is 4.74 Å². The van der Waals surface area contributed by atoms with Gasteiger partial charge in [0.25, 0.3) is 0 Å². The molecule has 0 amide bonds. The van der Waals surface area contributed by atoms with Crippen LogP contribution in [0.3, 0.4) is 0 Å². The van der Waals surface area contributed by atoms with Gasteiger partial charge in [-0.2, -0.15) is 0 Å². The Bertz CT molecular complexity index is 350. The molecule has 1 atom stereocenters. The molecule has 1 aromatic carbocycles. The van der Waals surface area contributed by atoms with E-state index in [4.69, 9.17) is 4.74 Å². The summed E-state index contributed by atoms with van der Waals surface area (Å²) in [6, 6.07) is 5.95. The van der Waals surface area contributed by atoms with E-state index in [0.717, 1.165) is 29.8 Å². The van der Waals surface area contributed by atoms with Gasteiger partial charge in [-0.1, -0.05) is 11.6 Å². The Morgan fingerprint density at radius 2 is 2.06 bits per heavy atom. The Kier molecular flexibility index (Phi) is 5.45. The fourth-order valence-corrected chi connectivity index (χ4v) is 1.75. The molecule has 1 unspecified atom stereocenters. The summed E-state index contributed by atoms with van der Waals surface area (Å²) in [4.78, 5) is 2.07. The van der Waals surface area contributed by atoms with Crippen LogP contribution in [0.5, 0.6) is 5.75 Å². The summed E-state index contributed by atoms with van der Waals surface area (Å²) in [5, 5.41) is 10.2. The maximum absolute atomic E-state index is 10.2. The largest absolute Gasteiger partial charge is 0.493 e. The van der Waals surface area contributed by atoms with Crippen LogP contribution >= 0.6 is 0 Å². The lowest BCUT2D eigenvalue weighted by molar-refractivity contribution is 0.149. The van der Waals surface area contributed by atoms with Crippen LogP contribution in [0.15, 0.2) is 18.2 Å². The molecule has 96 valence electrons. The molecule has 0 aromatic heterocycles. The van der Waals surface area contributed by atoms with Gasteiger partial charge < -0.3 is 14.7 Å². The molecule has 0 aliphatic heterocycles. The van der Waals surface area contributed by atoms with Crippen LogP contribution in [0, 0.1) is 6.92 Å². The van der Waals surface area contributed by atoms with Gasteiger partial charge in [-0.25, -0.2) is 0 Å². The van der Waals surface area contributed by atoms with E-state index in [1.54, 1.807) is 0 Å². The Labute approximate surface area is 104 Å². The average molecular weight is 237 g/mol. The van der Waals surface area contributed by atoms with Crippen molar-refractivity contribution in [3.8, 4) is 5.75 Å². The summed E-state index contributed by atoms with van der Waals surface area (Å²) < 4.78 is 5.55. The third-order valence-corrected chi connectivity index (χ3v) is 2.67. The molecule has 0 saturated heterocycles. The fraction of sp³-hybridized carbons (Fsp3) is 0.571. The zero-order valence-electron chi connectivity index (χ0n) is 11.2. The number of rotatable bonds is 6. The van der Waals surface area contributed by atoms with Crippen LogP contribution in [0.1, 0.15) is 30.6 Å². The second kappa shape index (κ2) is 6.62. The van der Waals surface area contributed by atoms with Gasteiger partial charge in [-0.15, -0.1) is 0 Å². The predicted molar refractivity (Wildman–Crippen MR) is 70.5 cm³/mol. The lowest BCUT2D eigenvalue weighted by atomic mass is 10.0. The molecule has 0 aliphatic carbocycles. The molecule has 1 rings (SSSR count). The van der Waals surface area contributed by atoms with Crippen LogP contribution in [-0.2, 0) is 0 Å². The van der Waals surface area contributed by atoms with Crippen molar-refractivity contribution < 1.29 is 9.84 Å². The van der Waals surface area contributed by atoms with Crippen molar-refractivity contribution in [2.75, 3.05) is 27.2 Å². The molecule has 0 radical (unpaired) electrons. The molecule has 0 heterocycles. The number of ether oxygens (including phenoxy) is 1. The van der Waals surface area contributed by atoms with E-state index in [1.807, 2.05) is 46.1 Å². The molecular weight excluding hydrogens is 214 g/mol. The minimum atomic E-state index is -0.459. The van der Waals surface area contributed by atoms with Gasteiger partial charge in [0.15, 0.2) is 0 Å². The first-order valence-corrected chi connectivity index (χ1v) is 6.10. The first-order valence-electron chi connectivity index (χ1n) is 6.10. The van der Waals surface area contributed by atoms with Crippen LogP contribution in [0.2, 0.25) is 0 Å². The maximum atomic E-state index is 10.2. The SMILES string of the molecule is CCOc1ccc(C)cc1C(O)CCN(C)C. The van der Waals surface area contributed by atoms with Gasteiger partial charge >= 0.3 is 0 Å².